The Hall–Kier alpha value is -2.84. The van der Waals surface area contributed by atoms with Gasteiger partial charge in [-0.2, -0.15) is 0 Å². The smallest absolute Gasteiger partial charge is 0.144 e. The lowest BCUT2D eigenvalue weighted by atomic mass is 10.1. The van der Waals surface area contributed by atoms with Crippen LogP contribution in [0.25, 0.3) is 17.1 Å². The highest BCUT2D eigenvalue weighted by Crippen LogP contribution is 2.25. The molecule has 0 fully saturated rings. The Morgan fingerprint density at radius 2 is 1.40 bits per heavy atom. The number of hydrogen-bond acceptors (Lipinski definition) is 1. The van der Waals surface area contributed by atoms with Gasteiger partial charge < -0.3 is 0 Å². The van der Waals surface area contributed by atoms with Crippen LogP contribution in [0.2, 0.25) is 5.02 Å². The van der Waals surface area contributed by atoms with Crippen molar-refractivity contribution in [2.75, 3.05) is 0 Å². The summed E-state index contributed by atoms with van der Waals surface area (Å²) in [5.74, 6) is 0.925. The molecular weight excluding hydrogens is 328 g/mol. The van der Waals surface area contributed by atoms with Crippen molar-refractivity contribution >= 4 is 11.6 Å². The standard InChI is InChI=1S/C22H17ClN2/c23-19-13-11-18(12-14-19)22-24-20(15-17-7-3-1-4-8-17)16-25(22)21-9-5-2-6-10-21/h1-14,16H,15H2. The Balaban J connectivity index is 1.79. The highest BCUT2D eigenvalue weighted by atomic mass is 35.5. The van der Waals surface area contributed by atoms with Gasteiger partial charge in [-0.3, -0.25) is 4.57 Å². The molecule has 0 amide bonds. The van der Waals surface area contributed by atoms with E-state index in [4.69, 9.17) is 16.6 Å². The largest absolute Gasteiger partial charge is 0.300 e. The van der Waals surface area contributed by atoms with Crippen molar-refractivity contribution in [2.24, 2.45) is 0 Å². The molecule has 0 unspecified atom stereocenters. The van der Waals surface area contributed by atoms with E-state index in [0.29, 0.717) is 0 Å². The van der Waals surface area contributed by atoms with E-state index in [2.05, 4.69) is 47.2 Å². The molecule has 3 heteroatoms. The van der Waals surface area contributed by atoms with Crippen molar-refractivity contribution in [3.63, 3.8) is 0 Å². The van der Waals surface area contributed by atoms with E-state index in [1.807, 2.05) is 48.5 Å². The second-order valence-corrected chi connectivity index (χ2v) is 6.37. The van der Waals surface area contributed by atoms with E-state index in [1.54, 1.807) is 0 Å². The third-order valence-corrected chi connectivity index (χ3v) is 4.37. The topological polar surface area (TPSA) is 17.8 Å². The maximum atomic E-state index is 6.04. The van der Waals surface area contributed by atoms with Gasteiger partial charge in [-0.05, 0) is 42.0 Å². The fraction of sp³-hybridized carbons (Fsp3) is 0.0455. The first-order valence-electron chi connectivity index (χ1n) is 8.23. The van der Waals surface area contributed by atoms with Crippen LogP contribution in [0.1, 0.15) is 11.3 Å². The SMILES string of the molecule is Clc1ccc(-c2nc(Cc3ccccc3)cn2-c2ccccc2)cc1. The van der Waals surface area contributed by atoms with Crippen LogP contribution in [0.5, 0.6) is 0 Å². The van der Waals surface area contributed by atoms with Crippen molar-refractivity contribution in [1.29, 1.82) is 0 Å². The molecule has 0 bridgehead atoms. The Kier molecular flexibility index (Phi) is 4.36. The molecule has 0 saturated heterocycles. The summed E-state index contributed by atoms with van der Waals surface area (Å²) in [5.41, 5.74) is 4.44. The summed E-state index contributed by atoms with van der Waals surface area (Å²) >= 11 is 6.04. The molecule has 0 radical (unpaired) electrons. The highest BCUT2D eigenvalue weighted by molar-refractivity contribution is 6.30. The number of nitrogens with zero attached hydrogens (tertiary/aromatic N) is 2. The summed E-state index contributed by atoms with van der Waals surface area (Å²) in [6.45, 7) is 0. The summed E-state index contributed by atoms with van der Waals surface area (Å²) in [7, 11) is 0. The monoisotopic (exact) mass is 344 g/mol. The normalized spacial score (nSPS) is 10.8. The van der Waals surface area contributed by atoms with E-state index in [9.17, 15) is 0 Å². The Morgan fingerprint density at radius 3 is 2.08 bits per heavy atom. The van der Waals surface area contributed by atoms with Crippen LogP contribution in [-0.2, 0) is 6.42 Å². The van der Waals surface area contributed by atoms with E-state index < -0.39 is 0 Å². The number of halogens is 1. The first-order valence-corrected chi connectivity index (χ1v) is 8.61. The van der Waals surface area contributed by atoms with Crippen molar-refractivity contribution in [2.45, 2.75) is 6.42 Å². The van der Waals surface area contributed by atoms with Gasteiger partial charge in [0.1, 0.15) is 5.82 Å². The third-order valence-electron chi connectivity index (χ3n) is 4.12. The van der Waals surface area contributed by atoms with E-state index in [1.165, 1.54) is 5.56 Å². The van der Waals surface area contributed by atoms with Crippen LogP contribution in [0.3, 0.4) is 0 Å². The molecule has 0 N–H and O–H groups in total. The zero-order valence-corrected chi connectivity index (χ0v) is 14.4. The number of para-hydroxylation sites is 1. The van der Waals surface area contributed by atoms with Crippen LogP contribution < -0.4 is 0 Å². The fourth-order valence-corrected chi connectivity index (χ4v) is 3.03. The molecule has 2 nitrogen and oxygen atoms in total. The van der Waals surface area contributed by atoms with Crippen molar-refractivity contribution in [3.8, 4) is 17.1 Å². The maximum absolute atomic E-state index is 6.04. The molecule has 0 spiro atoms. The molecule has 1 aromatic heterocycles. The lowest BCUT2D eigenvalue weighted by molar-refractivity contribution is 1.07. The summed E-state index contributed by atoms with van der Waals surface area (Å²) in [6.07, 6.45) is 2.92. The van der Waals surface area contributed by atoms with Gasteiger partial charge in [-0.25, -0.2) is 4.98 Å². The summed E-state index contributed by atoms with van der Waals surface area (Å²) < 4.78 is 2.14. The number of rotatable bonds is 4. The van der Waals surface area contributed by atoms with Gasteiger partial charge in [0.15, 0.2) is 0 Å². The van der Waals surface area contributed by atoms with Gasteiger partial charge >= 0.3 is 0 Å². The molecule has 0 atom stereocenters. The second-order valence-electron chi connectivity index (χ2n) is 5.93. The van der Waals surface area contributed by atoms with E-state index >= 15 is 0 Å². The summed E-state index contributed by atoms with van der Waals surface area (Å²) in [5, 5.41) is 0.728. The number of aromatic nitrogens is 2. The lowest BCUT2D eigenvalue weighted by Crippen LogP contribution is -1.95. The molecule has 3 aromatic carbocycles. The minimum Gasteiger partial charge on any atom is -0.300 e. The van der Waals surface area contributed by atoms with Crippen LogP contribution in [-0.4, -0.2) is 9.55 Å². The average molecular weight is 345 g/mol. The lowest BCUT2D eigenvalue weighted by Gasteiger charge is -2.07. The number of benzene rings is 3. The van der Waals surface area contributed by atoms with E-state index in [-0.39, 0.29) is 0 Å². The van der Waals surface area contributed by atoms with Crippen LogP contribution in [0.4, 0.5) is 0 Å². The quantitative estimate of drug-likeness (QED) is 0.458. The van der Waals surface area contributed by atoms with Crippen molar-refractivity contribution in [1.82, 2.24) is 9.55 Å². The maximum Gasteiger partial charge on any atom is 0.144 e. The summed E-state index contributed by atoms with van der Waals surface area (Å²) in [6, 6.07) is 28.5. The average Bonchev–Trinajstić information content (AvgIpc) is 3.08. The second kappa shape index (κ2) is 6.96. The van der Waals surface area contributed by atoms with E-state index in [0.717, 1.165) is 34.2 Å². The molecule has 25 heavy (non-hydrogen) atoms. The zero-order chi connectivity index (χ0) is 17.1. The fourth-order valence-electron chi connectivity index (χ4n) is 2.91. The van der Waals surface area contributed by atoms with Gasteiger partial charge in [0, 0.05) is 28.9 Å². The first-order chi connectivity index (χ1) is 12.3. The van der Waals surface area contributed by atoms with Gasteiger partial charge in [-0.15, -0.1) is 0 Å². The molecular formula is C22H17ClN2. The van der Waals surface area contributed by atoms with Gasteiger partial charge in [0.05, 0.1) is 5.69 Å². The summed E-state index contributed by atoms with van der Waals surface area (Å²) in [4.78, 5) is 4.90. The van der Waals surface area contributed by atoms with Gasteiger partial charge in [-0.1, -0.05) is 60.1 Å². The molecule has 0 aliphatic rings. The Labute approximate surface area is 152 Å². The van der Waals surface area contributed by atoms with Crippen LogP contribution >= 0.6 is 11.6 Å². The Morgan fingerprint density at radius 1 is 0.760 bits per heavy atom. The molecule has 0 saturated carbocycles. The predicted octanol–water partition coefficient (Wildman–Crippen LogP) is 5.78. The van der Waals surface area contributed by atoms with Crippen molar-refractivity contribution < 1.29 is 0 Å². The van der Waals surface area contributed by atoms with Crippen LogP contribution in [0, 0.1) is 0 Å². The number of hydrogen-bond donors (Lipinski definition) is 0. The molecule has 0 aliphatic carbocycles. The minimum atomic E-state index is 0.728. The first kappa shape index (κ1) is 15.7. The predicted molar refractivity (Wildman–Crippen MR) is 103 cm³/mol. The van der Waals surface area contributed by atoms with Gasteiger partial charge in [0.25, 0.3) is 0 Å². The zero-order valence-electron chi connectivity index (χ0n) is 13.6. The van der Waals surface area contributed by atoms with Gasteiger partial charge in [0.2, 0.25) is 0 Å². The number of imidazole rings is 1. The molecule has 4 aromatic rings. The molecule has 4 rings (SSSR count). The molecule has 122 valence electrons. The van der Waals surface area contributed by atoms with Crippen molar-refractivity contribution in [3.05, 3.63) is 107 Å². The van der Waals surface area contributed by atoms with Crippen LogP contribution in [0.15, 0.2) is 91.1 Å². The molecule has 0 aliphatic heterocycles. The Bertz CT molecular complexity index is 958. The highest BCUT2D eigenvalue weighted by Gasteiger charge is 2.12. The third kappa shape index (κ3) is 3.49. The molecule has 1 heterocycles. The minimum absolute atomic E-state index is 0.728.